The van der Waals surface area contributed by atoms with E-state index < -0.39 is 11.9 Å². The number of nitrogens with one attached hydrogen (secondary N) is 1. The molecule has 1 atom stereocenters. The van der Waals surface area contributed by atoms with Crippen molar-refractivity contribution in [3.63, 3.8) is 0 Å². The minimum absolute atomic E-state index is 0.0146. The molecule has 0 spiro atoms. The third-order valence-electron chi connectivity index (χ3n) is 4.45. The van der Waals surface area contributed by atoms with E-state index in [1.54, 1.807) is 18.2 Å². The first-order valence-corrected chi connectivity index (χ1v) is 8.14. The summed E-state index contributed by atoms with van der Waals surface area (Å²) in [6.45, 7) is 2.06. The molecule has 2 aliphatic rings. The number of carboxylic acids is 1. The first kappa shape index (κ1) is 16.6. The van der Waals surface area contributed by atoms with Crippen LogP contribution in [0, 0.1) is 11.8 Å². The Balaban J connectivity index is 1.67. The molecule has 1 saturated heterocycles. The van der Waals surface area contributed by atoms with Crippen LogP contribution in [0.5, 0.6) is 11.5 Å². The molecule has 1 aromatic carbocycles. The third kappa shape index (κ3) is 3.62. The average Bonchev–Trinajstić information content (AvgIpc) is 2.62. The lowest BCUT2D eigenvalue weighted by molar-refractivity contribution is -0.144. The molecule has 1 unspecified atom stereocenters. The van der Waals surface area contributed by atoms with Crippen molar-refractivity contribution in [2.45, 2.75) is 12.8 Å². The van der Waals surface area contributed by atoms with Gasteiger partial charge in [-0.3, -0.25) is 9.59 Å². The van der Waals surface area contributed by atoms with E-state index in [4.69, 9.17) is 14.2 Å². The van der Waals surface area contributed by atoms with Crippen LogP contribution in [0.2, 0.25) is 0 Å². The number of para-hydroxylation sites is 1. The summed E-state index contributed by atoms with van der Waals surface area (Å²) in [5.41, 5.74) is 0.364. The topological polar surface area (TPSA) is 94.1 Å². The summed E-state index contributed by atoms with van der Waals surface area (Å²) in [4.78, 5) is 24.0. The number of fused-ring (bicyclic) bond motifs is 1. The van der Waals surface area contributed by atoms with Gasteiger partial charge in [-0.05, 0) is 30.9 Å². The summed E-state index contributed by atoms with van der Waals surface area (Å²) in [6, 6.07) is 5.11. The van der Waals surface area contributed by atoms with E-state index in [9.17, 15) is 14.7 Å². The first-order chi connectivity index (χ1) is 11.7. The Bertz CT molecular complexity index is 611. The minimum atomic E-state index is -0.892. The lowest BCUT2D eigenvalue weighted by Crippen LogP contribution is -2.39. The van der Waals surface area contributed by atoms with Gasteiger partial charge in [-0.2, -0.15) is 0 Å². The Morgan fingerprint density at radius 2 is 1.92 bits per heavy atom. The zero-order chi connectivity index (χ0) is 16.9. The van der Waals surface area contributed by atoms with Crippen molar-refractivity contribution in [3.8, 4) is 11.5 Å². The van der Waals surface area contributed by atoms with Crippen molar-refractivity contribution in [1.29, 1.82) is 0 Å². The van der Waals surface area contributed by atoms with Gasteiger partial charge in [0.2, 0.25) is 0 Å². The molecule has 130 valence electrons. The van der Waals surface area contributed by atoms with Crippen LogP contribution in [0.25, 0.3) is 0 Å². The van der Waals surface area contributed by atoms with Gasteiger partial charge in [0.25, 0.3) is 5.91 Å². The molecule has 0 radical (unpaired) electrons. The molecule has 1 amide bonds. The number of ether oxygens (including phenoxy) is 3. The summed E-state index contributed by atoms with van der Waals surface area (Å²) >= 11 is 0. The molecule has 0 saturated carbocycles. The highest BCUT2D eigenvalue weighted by Gasteiger charge is 2.30. The van der Waals surface area contributed by atoms with Crippen LogP contribution < -0.4 is 14.8 Å². The van der Waals surface area contributed by atoms with Crippen LogP contribution in [0.3, 0.4) is 0 Å². The molecule has 0 aliphatic carbocycles. The van der Waals surface area contributed by atoms with Crippen molar-refractivity contribution in [2.75, 3.05) is 33.0 Å². The predicted molar refractivity (Wildman–Crippen MR) is 84.4 cm³/mol. The quantitative estimate of drug-likeness (QED) is 0.843. The number of carboxylic acid groups (broad SMARTS) is 1. The van der Waals surface area contributed by atoms with Crippen molar-refractivity contribution in [1.82, 2.24) is 5.32 Å². The molecule has 7 heteroatoms. The van der Waals surface area contributed by atoms with Crippen LogP contribution >= 0.6 is 0 Å². The molecule has 24 heavy (non-hydrogen) atoms. The van der Waals surface area contributed by atoms with Crippen LogP contribution in [0.1, 0.15) is 23.2 Å². The van der Waals surface area contributed by atoms with Crippen molar-refractivity contribution < 1.29 is 28.9 Å². The van der Waals surface area contributed by atoms with Gasteiger partial charge in [-0.15, -0.1) is 0 Å². The highest BCUT2D eigenvalue weighted by molar-refractivity contribution is 5.98. The Kier molecular flexibility index (Phi) is 5.20. The third-order valence-corrected chi connectivity index (χ3v) is 4.45. The molecule has 2 aliphatic heterocycles. The standard InChI is InChI=1S/C17H21NO6/c19-16(12-2-1-3-14-15(12)24-9-8-23-14)18-10-13(17(20)21)11-4-6-22-7-5-11/h1-3,11,13H,4-10H2,(H,18,19)(H,20,21). The van der Waals surface area contributed by atoms with Gasteiger partial charge in [-0.1, -0.05) is 6.07 Å². The van der Waals surface area contributed by atoms with E-state index in [1.807, 2.05) is 0 Å². The Morgan fingerprint density at radius 3 is 2.67 bits per heavy atom. The van der Waals surface area contributed by atoms with Crippen LogP contribution in [0.4, 0.5) is 0 Å². The molecule has 1 aromatic rings. The molecule has 7 nitrogen and oxygen atoms in total. The van der Waals surface area contributed by atoms with E-state index in [0.717, 1.165) is 0 Å². The van der Waals surface area contributed by atoms with Gasteiger partial charge in [-0.25, -0.2) is 0 Å². The molecule has 1 fully saturated rings. The monoisotopic (exact) mass is 335 g/mol. The molecule has 3 rings (SSSR count). The zero-order valence-corrected chi connectivity index (χ0v) is 13.3. The number of carbonyl (C=O) groups is 2. The van der Waals surface area contributed by atoms with Gasteiger partial charge < -0.3 is 24.6 Å². The van der Waals surface area contributed by atoms with Crippen LogP contribution in [-0.2, 0) is 9.53 Å². The second-order valence-electron chi connectivity index (χ2n) is 5.93. The lowest BCUT2D eigenvalue weighted by Gasteiger charge is -2.28. The van der Waals surface area contributed by atoms with E-state index >= 15 is 0 Å². The van der Waals surface area contributed by atoms with Crippen molar-refractivity contribution in [3.05, 3.63) is 23.8 Å². The van der Waals surface area contributed by atoms with Gasteiger partial charge in [0.05, 0.1) is 11.5 Å². The van der Waals surface area contributed by atoms with Crippen LogP contribution in [-0.4, -0.2) is 50.0 Å². The predicted octanol–water partition coefficient (Wildman–Crippen LogP) is 1.31. The van der Waals surface area contributed by atoms with E-state index in [0.29, 0.717) is 56.3 Å². The molecule has 0 aromatic heterocycles. The molecule has 0 bridgehead atoms. The minimum Gasteiger partial charge on any atom is -0.486 e. The molecule has 2 heterocycles. The SMILES string of the molecule is O=C(NCC(C(=O)O)C1CCOCC1)c1cccc2c1OCCO2. The van der Waals surface area contributed by atoms with E-state index in [1.165, 1.54) is 0 Å². The highest BCUT2D eigenvalue weighted by atomic mass is 16.6. The fraction of sp³-hybridized carbons (Fsp3) is 0.529. The summed E-state index contributed by atoms with van der Waals surface area (Å²) in [6.07, 6.45) is 1.40. The Hall–Kier alpha value is -2.28. The smallest absolute Gasteiger partial charge is 0.308 e. The Labute approximate surface area is 139 Å². The largest absolute Gasteiger partial charge is 0.486 e. The average molecular weight is 335 g/mol. The van der Waals surface area contributed by atoms with E-state index in [-0.39, 0.29) is 18.4 Å². The Morgan fingerprint density at radius 1 is 1.17 bits per heavy atom. The first-order valence-electron chi connectivity index (χ1n) is 8.14. The second kappa shape index (κ2) is 7.53. The number of aliphatic carboxylic acids is 1. The van der Waals surface area contributed by atoms with Crippen molar-refractivity contribution >= 4 is 11.9 Å². The number of hydrogen-bond donors (Lipinski definition) is 2. The van der Waals surface area contributed by atoms with E-state index in [2.05, 4.69) is 5.32 Å². The number of carbonyl (C=O) groups excluding carboxylic acids is 1. The summed E-state index contributed by atoms with van der Waals surface area (Å²) in [7, 11) is 0. The summed E-state index contributed by atoms with van der Waals surface area (Å²) in [5.74, 6) is -0.893. The molecular formula is C17H21NO6. The zero-order valence-electron chi connectivity index (χ0n) is 13.3. The van der Waals surface area contributed by atoms with Gasteiger partial charge in [0.15, 0.2) is 11.5 Å². The molecular weight excluding hydrogens is 314 g/mol. The number of amides is 1. The highest BCUT2D eigenvalue weighted by Crippen LogP contribution is 2.33. The van der Waals surface area contributed by atoms with Crippen LogP contribution in [0.15, 0.2) is 18.2 Å². The maximum Gasteiger partial charge on any atom is 0.308 e. The summed E-state index contributed by atoms with van der Waals surface area (Å²) < 4.78 is 16.3. The lowest BCUT2D eigenvalue weighted by atomic mass is 9.86. The fourth-order valence-corrected chi connectivity index (χ4v) is 3.12. The van der Waals surface area contributed by atoms with Gasteiger partial charge in [0.1, 0.15) is 13.2 Å². The van der Waals surface area contributed by atoms with Crippen molar-refractivity contribution in [2.24, 2.45) is 11.8 Å². The normalized spacial score (nSPS) is 18.7. The second-order valence-corrected chi connectivity index (χ2v) is 5.93. The number of rotatable bonds is 5. The number of hydrogen-bond acceptors (Lipinski definition) is 5. The number of benzene rings is 1. The maximum atomic E-state index is 12.5. The van der Waals surface area contributed by atoms with Gasteiger partial charge in [0, 0.05) is 19.8 Å². The fourth-order valence-electron chi connectivity index (χ4n) is 3.12. The summed E-state index contributed by atoms with van der Waals surface area (Å²) in [5, 5.41) is 12.2. The molecule has 2 N–H and O–H groups in total. The maximum absolute atomic E-state index is 12.5. The van der Waals surface area contributed by atoms with Gasteiger partial charge >= 0.3 is 5.97 Å².